The summed E-state index contributed by atoms with van der Waals surface area (Å²) >= 11 is 0. The zero-order valence-electron chi connectivity index (χ0n) is 25.9. The highest BCUT2D eigenvalue weighted by atomic mass is 16.3. The van der Waals surface area contributed by atoms with E-state index in [4.69, 9.17) is 12.4 Å². The zero-order valence-corrected chi connectivity index (χ0v) is 15.9. The molecule has 1 saturated heterocycles. The normalized spacial score (nSPS) is 43.7. The van der Waals surface area contributed by atoms with Gasteiger partial charge in [0, 0.05) is 40.2 Å². The molecule has 2 unspecified atom stereocenters. The van der Waals surface area contributed by atoms with Crippen LogP contribution in [0.1, 0.15) is 48.1 Å². The van der Waals surface area contributed by atoms with Gasteiger partial charge in [0.25, 0.3) is 11.8 Å². The molecule has 0 bridgehead atoms. The van der Waals surface area contributed by atoms with Crippen molar-refractivity contribution in [1.82, 2.24) is 15.8 Å². The lowest BCUT2D eigenvalue weighted by molar-refractivity contribution is -0.133. The number of hydrogen-bond acceptors (Lipinski definition) is 5. The average Bonchev–Trinajstić information content (AvgIpc) is 3.09. The maximum atomic E-state index is 13.2. The first kappa shape index (κ1) is 10.8. The van der Waals surface area contributed by atoms with Crippen LogP contribution >= 0.6 is 0 Å². The van der Waals surface area contributed by atoms with Crippen LogP contribution < -0.4 is 15.7 Å². The Morgan fingerprint density at radius 1 is 1.40 bits per heavy atom. The first-order valence-corrected chi connectivity index (χ1v) is 9.23. The Morgan fingerprint density at radius 2 is 2.23 bits per heavy atom. The van der Waals surface area contributed by atoms with Gasteiger partial charge in [0.1, 0.15) is 1.41 Å². The largest absolute Gasteiger partial charge is 0.375 e. The molecule has 0 saturated carbocycles. The molecule has 2 aliphatic heterocycles. The summed E-state index contributed by atoms with van der Waals surface area (Å²) in [5.74, 6) is -5.33. The van der Waals surface area contributed by atoms with Gasteiger partial charge in [-0.1, -0.05) is 24.3 Å². The van der Waals surface area contributed by atoms with E-state index < -0.39 is 60.4 Å². The molecule has 2 amide bonds. The summed E-state index contributed by atoms with van der Waals surface area (Å²) in [5.41, 5.74) is -2.08. The van der Waals surface area contributed by atoms with Crippen LogP contribution in [-0.2, 0) is 21.6 Å². The van der Waals surface area contributed by atoms with E-state index in [1.807, 2.05) is 0 Å². The van der Waals surface area contributed by atoms with E-state index >= 15 is 0 Å². The maximum Gasteiger partial charge on any atom is 0.267 e. The number of para-hydroxylation sites is 1. The molecule has 0 spiro atoms. The first-order chi connectivity index (χ1) is 18.3. The van der Waals surface area contributed by atoms with Crippen molar-refractivity contribution in [2.24, 2.45) is 5.89 Å². The van der Waals surface area contributed by atoms with Gasteiger partial charge in [0.15, 0.2) is 7.01 Å². The summed E-state index contributed by atoms with van der Waals surface area (Å²) in [7, 11) is 0. The predicted molar refractivity (Wildman–Crippen MR) is 112 cm³/mol. The van der Waals surface area contributed by atoms with Crippen LogP contribution in [0.3, 0.4) is 0 Å². The van der Waals surface area contributed by atoms with Crippen molar-refractivity contribution in [3.63, 3.8) is 0 Å². The maximum absolute atomic E-state index is 13.2. The van der Waals surface area contributed by atoms with Crippen molar-refractivity contribution in [3.05, 3.63) is 65.5 Å². The average molecular weight is 415 g/mol. The number of carbonyl (C=O) groups excluding carboxylic acids is 2. The number of anilines is 2. The number of nitrogens with zero attached hydrogens (tertiary/aromatic N) is 2. The van der Waals surface area contributed by atoms with Crippen LogP contribution in [0, 0.1) is 5.89 Å². The molecule has 1 aromatic heterocycles. The summed E-state index contributed by atoms with van der Waals surface area (Å²) in [6.07, 6.45) is -7.87. The monoisotopic (exact) mass is 414 g/mol. The molecule has 30 heavy (non-hydrogen) atoms. The second-order valence-electron chi connectivity index (χ2n) is 7.24. The van der Waals surface area contributed by atoms with Gasteiger partial charge in [-0.15, -0.1) is 0 Å². The van der Waals surface area contributed by atoms with E-state index in [1.54, 1.807) is 24.3 Å². The number of fused-ring (bicyclic) bond motifs is 2. The fourth-order valence-corrected chi connectivity index (χ4v) is 3.74. The second-order valence-corrected chi connectivity index (χ2v) is 7.24. The lowest BCUT2D eigenvalue weighted by Crippen LogP contribution is -2.56. The SMILES string of the molecule is [2H]N1C(=O)C2=CC([2H])([2H])C([2H])([2H])C([2H])([2H])C2([2H])[C@]([2H])(Cc2cncc(N3C(=O)C(C)(O)c4ccccc43)c2)N1[2H]. The summed E-state index contributed by atoms with van der Waals surface area (Å²) in [6, 6.07) is 4.95. The number of carbonyl (C=O) groups is 2. The lowest BCUT2D eigenvalue weighted by atomic mass is 9.79. The van der Waals surface area contributed by atoms with Crippen LogP contribution in [0.25, 0.3) is 0 Å². The molecule has 3 atom stereocenters. The molecule has 3 N–H and O–H groups in total. The number of hydrazine groups is 1. The molecular weight excluding hydrogens is 380 g/mol. The van der Waals surface area contributed by atoms with Crippen molar-refractivity contribution < 1.29 is 28.5 Å². The van der Waals surface area contributed by atoms with Crippen molar-refractivity contribution >= 4 is 23.2 Å². The molecule has 1 aliphatic carbocycles. The van der Waals surface area contributed by atoms with Crippen molar-refractivity contribution in [2.45, 2.75) is 44.1 Å². The third-order valence-electron chi connectivity index (χ3n) is 5.23. The summed E-state index contributed by atoms with van der Waals surface area (Å²) in [6.45, 7) is 1.33. The van der Waals surface area contributed by atoms with Crippen LogP contribution in [0.4, 0.5) is 11.4 Å². The Labute approximate surface area is 188 Å². The number of hydrogen-bond donors (Lipinski definition) is 3. The number of pyridine rings is 1. The van der Waals surface area contributed by atoms with Gasteiger partial charge in [0.2, 0.25) is 0 Å². The van der Waals surface area contributed by atoms with E-state index in [0.717, 1.165) is 0 Å². The highest BCUT2D eigenvalue weighted by Crippen LogP contribution is 2.44. The Hall–Kier alpha value is -3.03. The Bertz CT molecular complexity index is 1480. The number of aliphatic hydroxyl groups is 1. The van der Waals surface area contributed by atoms with Gasteiger partial charge in [-0.25, -0.2) is 5.42 Å². The smallest absolute Gasteiger partial charge is 0.267 e. The Balaban J connectivity index is 1.65. The minimum Gasteiger partial charge on any atom is -0.375 e. The number of allylic oxidation sites excluding steroid dienone is 1. The molecule has 7 nitrogen and oxygen atoms in total. The van der Waals surface area contributed by atoms with Gasteiger partial charge in [0.05, 0.1) is 17.6 Å². The van der Waals surface area contributed by atoms with E-state index in [-0.39, 0.29) is 22.1 Å². The molecule has 5 rings (SSSR count). The second kappa shape index (κ2) is 7.04. The van der Waals surface area contributed by atoms with Crippen LogP contribution in [0.5, 0.6) is 0 Å². The van der Waals surface area contributed by atoms with Crippen LogP contribution in [0.2, 0.25) is 2.82 Å². The number of benzene rings is 1. The fourth-order valence-electron chi connectivity index (χ4n) is 3.74. The topological polar surface area (TPSA) is 94.6 Å². The zero-order chi connectivity index (χ0) is 29.8. The third-order valence-corrected chi connectivity index (χ3v) is 5.23. The molecule has 1 fully saturated rings. The molecule has 154 valence electrons. The fraction of sp³-hybridized carbons (Fsp3) is 0.348. The predicted octanol–water partition coefficient (Wildman–Crippen LogP) is 2.24. The Kier molecular flexibility index (Phi) is 2.54. The van der Waals surface area contributed by atoms with Gasteiger partial charge in [-0.3, -0.25) is 24.9 Å². The van der Waals surface area contributed by atoms with Gasteiger partial charge in [-0.05, 0) is 50.2 Å². The van der Waals surface area contributed by atoms with Gasteiger partial charge < -0.3 is 5.11 Å². The molecular formula is C23H24N4O3. The summed E-state index contributed by atoms with van der Waals surface area (Å²) < 4.78 is 84.4. The van der Waals surface area contributed by atoms with Gasteiger partial charge in [-0.2, -0.15) is 0 Å². The van der Waals surface area contributed by atoms with E-state index in [9.17, 15) is 16.1 Å². The van der Waals surface area contributed by atoms with Crippen molar-refractivity contribution in [1.29, 1.82) is 0 Å². The van der Waals surface area contributed by atoms with Crippen molar-refractivity contribution in [2.75, 3.05) is 4.90 Å². The quantitative estimate of drug-likeness (QED) is 0.716. The molecule has 3 heterocycles. The number of nitrogens with one attached hydrogen (secondary N) is 2. The first-order valence-electron chi connectivity index (χ1n) is 14.1. The highest BCUT2D eigenvalue weighted by Gasteiger charge is 2.46. The summed E-state index contributed by atoms with van der Waals surface area (Å²) in [5, 5.41) is 10.8. The molecule has 1 aromatic carbocycles. The number of aromatic nitrogens is 1. The Morgan fingerprint density at radius 3 is 3.10 bits per heavy atom. The lowest BCUT2D eigenvalue weighted by Gasteiger charge is -2.36. The van der Waals surface area contributed by atoms with Crippen LogP contribution in [0.15, 0.2) is 54.4 Å². The molecule has 3 aliphatic rings. The van der Waals surface area contributed by atoms with Gasteiger partial charge >= 0.3 is 0 Å². The van der Waals surface area contributed by atoms with E-state index in [0.29, 0.717) is 17.3 Å². The molecule has 0 radical (unpaired) electrons. The summed E-state index contributed by atoms with van der Waals surface area (Å²) in [4.78, 5) is 31.4. The number of amides is 2. The molecule has 7 heteroatoms. The minimum absolute atomic E-state index is 0.0394. The highest BCUT2D eigenvalue weighted by molar-refractivity contribution is 6.11. The minimum atomic E-state index is -3.54. The number of rotatable bonds is 3. The standard InChI is InChI=1S/C23H24N4O3/c1-23(30)18-8-4-5-9-20(18)27(22(23)29)15-10-14(12-24-13-15)11-19-16-6-2-3-7-17(16)21(28)26-25-19/h4-5,7-10,12-13,16,19,25,30H,2-3,6,11H2,1H3,(H,26,28)/t16?,19-,23?/m0/s1/i2D2,3D2,6D2,16D,19D/hD2. The van der Waals surface area contributed by atoms with E-state index in [1.165, 1.54) is 30.3 Å². The van der Waals surface area contributed by atoms with E-state index in [2.05, 4.69) is 4.98 Å². The van der Waals surface area contributed by atoms with Crippen molar-refractivity contribution in [3.8, 4) is 0 Å². The third kappa shape index (κ3) is 2.93. The van der Waals surface area contributed by atoms with Crippen LogP contribution in [-0.4, -0.2) is 27.9 Å². The molecule has 2 aromatic rings.